The summed E-state index contributed by atoms with van der Waals surface area (Å²) >= 11 is 1.44. The summed E-state index contributed by atoms with van der Waals surface area (Å²) < 4.78 is 5.32. The lowest BCUT2D eigenvalue weighted by atomic mass is 9.81. The Bertz CT molecular complexity index is 943. The minimum atomic E-state index is -0.388. The fourth-order valence-electron chi connectivity index (χ4n) is 3.92. The largest absolute Gasteiger partial charge is 0.462 e. The van der Waals surface area contributed by atoms with E-state index in [1.165, 1.54) is 17.4 Å². The molecule has 5 nitrogen and oxygen atoms in total. The number of anilines is 1. The monoisotopic (exact) mass is 412 g/mol. The molecule has 0 bridgehead atoms. The molecule has 1 aliphatic heterocycles. The number of nitrogens with one attached hydrogen (secondary N) is 2. The molecule has 2 N–H and O–H groups in total. The molecule has 0 aliphatic carbocycles. The predicted molar refractivity (Wildman–Crippen MR) is 118 cm³/mol. The highest BCUT2D eigenvalue weighted by Crippen LogP contribution is 2.45. The quantitative estimate of drug-likeness (QED) is 0.550. The van der Waals surface area contributed by atoms with E-state index in [0.29, 0.717) is 17.0 Å². The van der Waals surface area contributed by atoms with E-state index in [1.807, 2.05) is 30.3 Å². The Hall–Kier alpha value is -2.44. The van der Waals surface area contributed by atoms with Crippen LogP contribution in [-0.4, -0.2) is 24.0 Å². The van der Waals surface area contributed by atoms with Crippen LogP contribution in [-0.2, 0) is 21.5 Å². The second-order valence-corrected chi connectivity index (χ2v) is 9.40. The van der Waals surface area contributed by atoms with Crippen LogP contribution in [0.1, 0.15) is 61.0 Å². The Morgan fingerprint density at radius 3 is 2.55 bits per heavy atom. The van der Waals surface area contributed by atoms with Gasteiger partial charge < -0.3 is 15.4 Å². The van der Waals surface area contributed by atoms with E-state index in [9.17, 15) is 9.59 Å². The topological polar surface area (TPSA) is 67.4 Å². The maximum atomic E-state index is 12.8. The molecule has 0 spiro atoms. The average molecular weight is 413 g/mol. The van der Waals surface area contributed by atoms with Crippen molar-refractivity contribution in [3.05, 3.63) is 58.0 Å². The van der Waals surface area contributed by atoms with E-state index in [0.717, 1.165) is 16.0 Å². The van der Waals surface area contributed by atoms with Gasteiger partial charge in [0.05, 0.1) is 12.2 Å². The van der Waals surface area contributed by atoms with Crippen LogP contribution in [0.25, 0.3) is 6.08 Å². The van der Waals surface area contributed by atoms with Crippen LogP contribution < -0.4 is 10.6 Å². The predicted octanol–water partition coefficient (Wildman–Crippen LogP) is 4.74. The number of carbonyl (C=O) groups is 2. The van der Waals surface area contributed by atoms with E-state index >= 15 is 0 Å². The van der Waals surface area contributed by atoms with E-state index < -0.39 is 0 Å². The van der Waals surface area contributed by atoms with E-state index in [4.69, 9.17) is 4.74 Å². The SMILES string of the molecule is CCOC(=O)c1c(NC(=O)/C=C/c2ccccc2)sc2c1CC(C)(C)NC2(C)C. The van der Waals surface area contributed by atoms with Crippen LogP contribution in [0.2, 0.25) is 0 Å². The fraction of sp³-hybridized carbons (Fsp3) is 0.391. The van der Waals surface area contributed by atoms with Crippen LogP contribution in [0.15, 0.2) is 36.4 Å². The van der Waals surface area contributed by atoms with Gasteiger partial charge in [-0.15, -0.1) is 11.3 Å². The van der Waals surface area contributed by atoms with Crippen molar-refractivity contribution in [1.82, 2.24) is 5.32 Å². The molecule has 154 valence electrons. The van der Waals surface area contributed by atoms with Gasteiger partial charge in [0.1, 0.15) is 5.00 Å². The van der Waals surface area contributed by atoms with Crippen LogP contribution in [0.4, 0.5) is 5.00 Å². The number of amides is 1. The molecule has 0 radical (unpaired) electrons. The molecule has 1 aromatic heterocycles. The molecule has 1 aromatic carbocycles. The molecule has 2 heterocycles. The molecule has 0 saturated carbocycles. The molecule has 0 saturated heterocycles. The lowest BCUT2D eigenvalue weighted by molar-refractivity contribution is -0.111. The number of esters is 1. The summed E-state index contributed by atoms with van der Waals surface area (Å²) in [5.74, 6) is -0.663. The van der Waals surface area contributed by atoms with E-state index in [1.54, 1.807) is 13.0 Å². The van der Waals surface area contributed by atoms with E-state index in [2.05, 4.69) is 38.3 Å². The summed E-state index contributed by atoms with van der Waals surface area (Å²) in [6.07, 6.45) is 3.92. The Morgan fingerprint density at radius 2 is 1.90 bits per heavy atom. The summed E-state index contributed by atoms with van der Waals surface area (Å²) in [5.41, 5.74) is 1.89. The van der Waals surface area contributed by atoms with Crippen molar-refractivity contribution in [2.45, 2.75) is 52.1 Å². The summed E-state index contributed by atoms with van der Waals surface area (Å²) in [4.78, 5) is 26.4. The Labute approximate surface area is 176 Å². The van der Waals surface area contributed by atoms with Gasteiger partial charge >= 0.3 is 5.97 Å². The first-order valence-electron chi connectivity index (χ1n) is 9.79. The van der Waals surface area contributed by atoms with Crippen molar-refractivity contribution < 1.29 is 14.3 Å². The van der Waals surface area contributed by atoms with Gasteiger partial charge in [-0.1, -0.05) is 30.3 Å². The summed E-state index contributed by atoms with van der Waals surface area (Å²) in [7, 11) is 0. The highest BCUT2D eigenvalue weighted by Gasteiger charge is 2.42. The third kappa shape index (κ3) is 4.77. The number of thiophene rings is 1. The molecule has 0 fully saturated rings. The Kier molecular flexibility index (Phi) is 5.96. The first-order valence-corrected chi connectivity index (χ1v) is 10.6. The number of benzene rings is 1. The molecule has 0 atom stereocenters. The first kappa shape index (κ1) is 21.3. The smallest absolute Gasteiger partial charge is 0.341 e. The van der Waals surface area contributed by atoms with Gasteiger partial charge in [-0.25, -0.2) is 4.79 Å². The van der Waals surface area contributed by atoms with Gasteiger partial charge in [0.2, 0.25) is 5.91 Å². The van der Waals surface area contributed by atoms with E-state index in [-0.39, 0.29) is 29.6 Å². The minimum absolute atomic E-state index is 0.173. The number of carbonyl (C=O) groups excluding carboxylic acids is 2. The lowest BCUT2D eigenvalue weighted by Gasteiger charge is -2.42. The third-order valence-corrected chi connectivity index (χ3v) is 6.26. The zero-order chi connectivity index (χ0) is 21.2. The van der Waals surface area contributed by atoms with Crippen LogP contribution >= 0.6 is 11.3 Å². The molecule has 1 aliphatic rings. The van der Waals surface area contributed by atoms with Gasteiger partial charge in [-0.3, -0.25) is 4.79 Å². The minimum Gasteiger partial charge on any atom is -0.462 e. The Balaban J connectivity index is 1.96. The van der Waals surface area contributed by atoms with Crippen molar-refractivity contribution in [3.8, 4) is 0 Å². The summed E-state index contributed by atoms with van der Waals surface area (Å²) in [6, 6.07) is 9.61. The second kappa shape index (κ2) is 8.13. The molecular weight excluding hydrogens is 384 g/mol. The molecule has 29 heavy (non-hydrogen) atoms. The zero-order valence-corrected chi connectivity index (χ0v) is 18.4. The second-order valence-electron chi connectivity index (χ2n) is 8.38. The number of hydrogen-bond donors (Lipinski definition) is 2. The van der Waals surface area contributed by atoms with Crippen molar-refractivity contribution in [1.29, 1.82) is 0 Å². The Morgan fingerprint density at radius 1 is 1.21 bits per heavy atom. The highest BCUT2D eigenvalue weighted by molar-refractivity contribution is 7.17. The first-order chi connectivity index (χ1) is 13.6. The van der Waals surface area contributed by atoms with Gasteiger partial charge in [-0.05, 0) is 58.2 Å². The highest BCUT2D eigenvalue weighted by atomic mass is 32.1. The normalized spacial score (nSPS) is 17.0. The maximum absolute atomic E-state index is 12.8. The van der Waals surface area contributed by atoms with Crippen LogP contribution in [0.5, 0.6) is 0 Å². The third-order valence-electron chi connectivity index (χ3n) is 4.79. The summed E-state index contributed by atoms with van der Waals surface area (Å²) in [6.45, 7) is 10.5. The fourth-order valence-corrected chi connectivity index (χ4v) is 5.19. The van der Waals surface area contributed by atoms with Crippen LogP contribution in [0, 0.1) is 0 Å². The van der Waals surface area contributed by atoms with Crippen molar-refractivity contribution in [3.63, 3.8) is 0 Å². The molecule has 6 heteroatoms. The number of fused-ring (bicyclic) bond motifs is 1. The van der Waals surface area contributed by atoms with Gasteiger partial charge in [-0.2, -0.15) is 0 Å². The van der Waals surface area contributed by atoms with Crippen LogP contribution in [0.3, 0.4) is 0 Å². The van der Waals surface area contributed by atoms with Crippen molar-refractivity contribution >= 4 is 34.3 Å². The molecule has 3 rings (SSSR count). The zero-order valence-electron chi connectivity index (χ0n) is 17.6. The molecule has 0 unspecified atom stereocenters. The average Bonchev–Trinajstić information content (AvgIpc) is 2.98. The summed E-state index contributed by atoms with van der Waals surface area (Å²) in [5, 5.41) is 7.08. The maximum Gasteiger partial charge on any atom is 0.341 e. The van der Waals surface area contributed by atoms with Crippen molar-refractivity contribution in [2.24, 2.45) is 0 Å². The molecule has 2 aromatic rings. The van der Waals surface area contributed by atoms with Gasteiger partial charge in [0.25, 0.3) is 0 Å². The molecular formula is C23H28N2O3S. The molecule has 1 amide bonds. The number of rotatable bonds is 5. The lowest BCUT2D eigenvalue weighted by Crippen LogP contribution is -2.55. The van der Waals surface area contributed by atoms with Gasteiger partial charge in [0.15, 0.2) is 0 Å². The number of hydrogen-bond acceptors (Lipinski definition) is 5. The van der Waals surface area contributed by atoms with Gasteiger partial charge in [0, 0.05) is 22.0 Å². The standard InChI is InChI=1S/C23H28N2O3S/c1-6-28-21(27)18-16-14-22(2,3)25-23(4,5)19(16)29-20(18)24-17(26)13-12-15-10-8-7-9-11-15/h7-13,25H,6,14H2,1-5H3,(H,24,26)/b13-12+. The number of ether oxygens (including phenoxy) is 1. The van der Waals surface area contributed by atoms with Crippen molar-refractivity contribution in [2.75, 3.05) is 11.9 Å².